The molecule has 0 aromatic carbocycles. The molecule has 7 heteroatoms. The van der Waals surface area contributed by atoms with E-state index in [0.29, 0.717) is 37.2 Å². The molecular formula is C25H33N3O4. The molecule has 2 unspecified atom stereocenters. The minimum atomic E-state index is -0.558. The summed E-state index contributed by atoms with van der Waals surface area (Å²) in [5, 5.41) is 8.28. The van der Waals surface area contributed by atoms with E-state index < -0.39 is 5.41 Å². The van der Waals surface area contributed by atoms with Crippen molar-refractivity contribution in [1.29, 1.82) is 0 Å². The first-order chi connectivity index (χ1) is 15.4. The van der Waals surface area contributed by atoms with E-state index in [-0.39, 0.29) is 11.9 Å². The number of rotatable bonds is 8. The zero-order chi connectivity index (χ0) is 22.7. The number of pyridine rings is 1. The number of hydrogen-bond acceptors (Lipinski definition) is 7. The number of esters is 1. The van der Waals surface area contributed by atoms with Crippen molar-refractivity contribution in [1.82, 2.24) is 15.2 Å². The zero-order valence-electron chi connectivity index (χ0n) is 19.5. The van der Waals surface area contributed by atoms with Crippen LogP contribution in [0.5, 0.6) is 11.6 Å². The molecule has 4 rings (SSSR count). The summed E-state index contributed by atoms with van der Waals surface area (Å²) < 4.78 is 16.8. The van der Waals surface area contributed by atoms with Crippen molar-refractivity contribution >= 4 is 5.97 Å². The fourth-order valence-corrected chi connectivity index (χ4v) is 4.59. The lowest BCUT2D eigenvalue weighted by Gasteiger charge is -2.25. The van der Waals surface area contributed by atoms with E-state index in [1.807, 2.05) is 32.0 Å². The van der Waals surface area contributed by atoms with Crippen molar-refractivity contribution in [2.45, 2.75) is 58.8 Å². The summed E-state index contributed by atoms with van der Waals surface area (Å²) >= 11 is 0. The van der Waals surface area contributed by atoms with Crippen LogP contribution in [0.3, 0.4) is 0 Å². The van der Waals surface area contributed by atoms with Gasteiger partial charge in [-0.1, -0.05) is 19.8 Å². The Hall–Kier alpha value is -2.70. The second kappa shape index (κ2) is 9.43. The van der Waals surface area contributed by atoms with Gasteiger partial charge < -0.3 is 14.2 Å². The first kappa shape index (κ1) is 22.5. The number of carbonyl (C=O) groups is 1. The van der Waals surface area contributed by atoms with Crippen LogP contribution in [0.2, 0.25) is 0 Å². The Morgan fingerprint density at radius 1 is 1.22 bits per heavy atom. The molecule has 2 fully saturated rings. The van der Waals surface area contributed by atoms with Gasteiger partial charge in [-0.2, -0.15) is 5.10 Å². The average molecular weight is 440 g/mol. The topological polar surface area (TPSA) is 83.4 Å². The lowest BCUT2D eigenvalue weighted by Crippen LogP contribution is -2.19. The molecule has 0 saturated heterocycles. The second-order valence-electron chi connectivity index (χ2n) is 9.40. The summed E-state index contributed by atoms with van der Waals surface area (Å²) in [7, 11) is 1.62. The monoisotopic (exact) mass is 439 g/mol. The number of nitrogens with zero attached hydrogens (tertiary/aromatic N) is 3. The number of carbonyl (C=O) groups excluding carboxylic acids is 1. The van der Waals surface area contributed by atoms with Crippen molar-refractivity contribution in [2.24, 2.45) is 17.3 Å². The third-order valence-corrected chi connectivity index (χ3v) is 6.94. The highest BCUT2D eigenvalue weighted by molar-refractivity contribution is 5.82. The Bertz CT molecular complexity index is 958. The van der Waals surface area contributed by atoms with E-state index in [1.165, 1.54) is 25.7 Å². The fourth-order valence-electron chi connectivity index (χ4n) is 4.59. The third kappa shape index (κ3) is 4.71. The molecule has 2 heterocycles. The van der Waals surface area contributed by atoms with Gasteiger partial charge in [-0.15, -0.1) is 5.10 Å². The van der Waals surface area contributed by atoms with Crippen molar-refractivity contribution in [3.05, 3.63) is 30.1 Å². The normalized spacial score (nSPS) is 26.9. The van der Waals surface area contributed by atoms with Crippen molar-refractivity contribution < 1.29 is 19.0 Å². The van der Waals surface area contributed by atoms with E-state index in [4.69, 9.17) is 19.2 Å². The van der Waals surface area contributed by atoms with E-state index in [2.05, 4.69) is 17.1 Å². The second-order valence-corrected chi connectivity index (χ2v) is 9.40. The van der Waals surface area contributed by atoms with Crippen LogP contribution in [0.15, 0.2) is 24.4 Å². The maximum Gasteiger partial charge on any atom is 0.312 e. The van der Waals surface area contributed by atoms with Crippen LogP contribution >= 0.6 is 0 Å². The summed E-state index contributed by atoms with van der Waals surface area (Å²) in [5.74, 6) is 2.38. The molecule has 172 valence electrons. The molecule has 0 bridgehead atoms. The van der Waals surface area contributed by atoms with Gasteiger partial charge in [0.05, 0.1) is 43.3 Å². The maximum atomic E-state index is 12.4. The molecule has 2 saturated carbocycles. The molecule has 0 amide bonds. The minimum absolute atomic E-state index is 0.0318. The van der Waals surface area contributed by atoms with Crippen LogP contribution in [-0.4, -0.2) is 41.5 Å². The smallest absolute Gasteiger partial charge is 0.312 e. The van der Waals surface area contributed by atoms with Crippen LogP contribution in [0.4, 0.5) is 0 Å². The van der Waals surface area contributed by atoms with E-state index >= 15 is 0 Å². The summed E-state index contributed by atoms with van der Waals surface area (Å²) in [6.07, 6.45) is 7.33. The average Bonchev–Trinajstić information content (AvgIpc) is 3.51. The lowest BCUT2D eigenvalue weighted by molar-refractivity contribution is -0.149. The van der Waals surface area contributed by atoms with Gasteiger partial charge in [0.2, 0.25) is 5.88 Å². The summed E-state index contributed by atoms with van der Waals surface area (Å²) in [6.45, 7) is 7.11. The van der Waals surface area contributed by atoms with Crippen LogP contribution in [0.25, 0.3) is 11.3 Å². The third-order valence-electron chi connectivity index (χ3n) is 6.94. The van der Waals surface area contributed by atoms with Gasteiger partial charge in [-0.05, 0) is 57.1 Å². The Labute approximate surface area is 189 Å². The van der Waals surface area contributed by atoms with Gasteiger partial charge in [0.25, 0.3) is 0 Å². The largest absolute Gasteiger partial charge is 0.495 e. The predicted molar refractivity (Wildman–Crippen MR) is 121 cm³/mol. The first-order valence-corrected chi connectivity index (χ1v) is 11.6. The standard InChI is InChI=1S/C25H33N3O4/c1-5-31-24(29)25(3)13-19(25)23-21(30-4)11-10-20(27-23)18-12-22(28-26-14-18)32-15-17-8-6-16(2)7-9-17/h10-12,14,16-17,19H,5-9,13,15H2,1-4H3. The van der Waals surface area contributed by atoms with Gasteiger partial charge in [-0.3, -0.25) is 4.79 Å². The molecule has 32 heavy (non-hydrogen) atoms. The van der Waals surface area contributed by atoms with Crippen LogP contribution < -0.4 is 9.47 Å². The Kier molecular flexibility index (Phi) is 6.63. The number of ether oxygens (including phenoxy) is 3. The highest BCUT2D eigenvalue weighted by Crippen LogP contribution is 2.61. The molecule has 2 aliphatic rings. The molecule has 2 atom stereocenters. The SMILES string of the molecule is CCOC(=O)C1(C)CC1c1nc(-c2cnnc(OCC3CCC(C)CC3)c2)ccc1OC. The highest BCUT2D eigenvalue weighted by Gasteiger charge is 2.59. The van der Waals surface area contributed by atoms with Gasteiger partial charge in [0, 0.05) is 17.5 Å². The van der Waals surface area contributed by atoms with Crippen molar-refractivity contribution in [2.75, 3.05) is 20.3 Å². The van der Waals surface area contributed by atoms with Crippen molar-refractivity contribution in [3.63, 3.8) is 0 Å². The quantitative estimate of drug-likeness (QED) is 0.546. The number of methoxy groups -OCH3 is 1. The van der Waals surface area contributed by atoms with E-state index in [0.717, 1.165) is 22.9 Å². The zero-order valence-corrected chi connectivity index (χ0v) is 19.5. The van der Waals surface area contributed by atoms with Gasteiger partial charge in [0.1, 0.15) is 5.75 Å². The number of hydrogen-bond donors (Lipinski definition) is 0. The maximum absolute atomic E-state index is 12.4. The molecule has 2 aromatic rings. The van der Waals surface area contributed by atoms with E-state index in [9.17, 15) is 4.79 Å². The van der Waals surface area contributed by atoms with Crippen LogP contribution in [-0.2, 0) is 9.53 Å². The van der Waals surface area contributed by atoms with Crippen LogP contribution in [0.1, 0.15) is 64.5 Å². The molecule has 0 aliphatic heterocycles. The summed E-state index contributed by atoms with van der Waals surface area (Å²) in [4.78, 5) is 17.3. The first-order valence-electron chi connectivity index (χ1n) is 11.6. The predicted octanol–water partition coefficient (Wildman–Crippen LogP) is 4.81. The lowest BCUT2D eigenvalue weighted by atomic mass is 9.83. The minimum Gasteiger partial charge on any atom is -0.495 e. The Morgan fingerprint density at radius 3 is 2.72 bits per heavy atom. The highest BCUT2D eigenvalue weighted by atomic mass is 16.5. The molecule has 0 N–H and O–H groups in total. The van der Waals surface area contributed by atoms with E-state index in [1.54, 1.807) is 13.3 Å². The Balaban J connectivity index is 1.50. The molecule has 2 aromatic heterocycles. The van der Waals surface area contributed by atoms with Crippen molar-refractivity contribution in [3.8, 4) is 22.9 Å². The van der Waals surface area contributed by atoms with Gasteiger partial charge in [0.15, 0.2) is 0 Å². The Morgan fingerprint density at radius 2 is 2.00 bits per heavy atom. The van der Waals surface area contributed by atoms with Crippen LogP contribution in [0, 0.1) is 17.3 Å². The molecule has 0 spiro atoms. The fraction of sp³-hybridized carbons (Fsp3) is 0.600. The molecule has 2 aliphatic carbocycles. The molecular weight excluding hydrogens is 406 g/mol. The van der Waals surface area contributed by atoms with Gasteiger partial charge >= 0.3 is 5.97 Å². The van der Waals surface area contributed by atoms with Gasteiger partial charge in [-0.25, -0.2) is 4.98 Å². The number of aromatic nitrogens is 3. The molecule has 0 radical (unpaired) electrons. The molecule has 7 nitrogen and oxygen atoms in total. The summed E-state index contributed by atoms with van der Waals surface area (Å²) in [5.41, 5.74) is 1.80. The summed E-state index contributed by atoms with van der Waals surface area (Å²) in [6, 6.07) is 5.68.